The molecule has 7 heteroatoms. The Kier molecular flexibility index (Phi) is 30.5. The molecule has 2 unspecified atom stereocenters. The minimum atomic E-state index is -4.35. The molecule has 3 N–H and O–H groups in total. The summed E-state index contributed by atoms with van der Waals surface area (Å²) in [7, 11) is -4.35. The van der Waals surface area contributed by atoms with Gasteiger partial charge in [0.15, 0.2) is 0 Å². The molecule has 0 saturated carbocycles. The van der Waals surface area contributed by atoms with E-state index in [2.05, 4.69) is 43.5 Å². The van der Waals surface area contributed by atoms with Crippen LogP contribution in [0, 0.1) is 0 Å². The molecule has 44 heavy (non-hydrogen) atoms. The quantitative estimate of drug-likeness (QED) is 0.0386. The van der Waals surface area contributed by atoms with Crippen molar-refractivity contribution < 1.29 is 22.9 Å². The zero-order chi connectivity index (χ0) is 32.6. The van der Waals surface area contributed by atoms with E-state index in [1.165, 1.54) is 109 Å². The van der Waals surface area contributed by atoms with Gasteiger partial charge in [0, 0.05) is 6.42 Å². The van der Waals surface area contributed by atoms with Crippen molar-refractivity contribution in [2.24, 2.45) is 0 Å². The Bertz CT molecular complexity index is 837. The Labute approximate surface area is 272 Å². The Balaban J connectivity index is 3.91. The van der Waals surface area contributed by atoms with Crippen LogP contribution in [0.4, 0.5) is 0 Å². The maximum atomic E-state index is 12.4. The van der Waals surface area contributed by atoms with Crippen molar-refractivity contribution in [2.45, 2.75) is 187 Å². The molecule has 0 saturated heterocycles. The summed E-state index contributed by atoms with van der Waals surface area (Å²) in [5.74, 6) is -1.01. The summed E-state index contributed by atoms with van der Waals surface area (Å²) < 4.78 is 32.2. The third kappa shape index (κ3) is 32.0. The van der Waals surface area contributed by atoms with Gasteiger partial charge in [-0.15, -0.1) is 0 Å². The predicted molar refractivity (Wildman–Crippen MR) is 189 cm³/mol. The first-order valence-corrected chi connectivity index (χ1v) is 19.8. The highest BCUT2D eigenvalue weighted by atomic mass is 32.2. The molecule has 0 rings (SSSR count). The monoisotopic (exact) mass is 639 g/mol. The summed E-state index contributed by atoms with van der Waals surface area (Å²) in [6.45, 7) is 4.38. The second-order valence-corrected chi connectivity index (χ2v) is 14.0. The van der Waals surface area contributed by atoms with E-state index in [0.29, 0.717) is 6.42 Å². The highest BCUT2D eigenvalue weighted by Crippen LogP contribution is 2.15. The Morgan fingerprint density at radius 3 is 1.41 bits per heavy atom. The number of rotatable bonds is 32. The average Bonchev–Trinajstić information content (AvgIpc) is 2.98. The lowest BCUT2D eigenvalue weighted by Crippen LogP contribution is -2.46. The fourth-order valence-electron chi connectivity index (χ4n) is 5.37. The van der Waals surface area contributed by atoms with Gasteiger partial charge in [0.25, 0.3) is 10.1 Å². The second-order valence-electron chi connectivity index (χ2n) is 12.5. The fourth-order valence-corrected chi connectivity index (χ4v) is 6.10. The van der Waals surface area contributed by atoms with Crippen LogP contribution in [0.15, 0.2) is 36.5 Å². The average molecular weight is 640 g/mol. The van der Waals surface area contributed by atoms with Crippen molar-refractivity contribution >= 4 is 16.0 Å². The van der Waals surface area contributed by atoms with Gasteiger partial charge in [-0.3, -0.25) is 9.35 Å². The normalized spacial score (nSPS) is 13.8. The minimum Gasteiger partial charge on any atom is -0.387 e. The molecule has 2 atom stereocenters. The van der Waals surface area contributed by atoms with Crippen LogP contribution < -0.4 is 5.32 Å². The maximum absolute atomic E-state index is 12.4. The summed E-state index contributed by atoms with van der Waals surface area (Å²) in [6, 6.07) is -1.07. The molecule has 0 aliphatic heterocycles. The van der Waals surface area contributed by atoms with Gasteiger partial charge in [0.2, 0.25) is 5.91 Å². The van der Waals surface area contributed by atoms with Gasteiger partial charge < -0.3 is 10.4 Å². The predicted octanol–water partition coefficient (Wildman–Crippen LogP) is 10.2. The SMILES string of the molecule is CC/C=C/CC/C=C/CC/C=C/C(O)C(CS(=O)(=O)O)NC(=O)CCCCCCCCCCCCCCCCCCCCC. The van der Waals surface area contributed by atoms with Gasteiger partial charge >= 0.3 is 0 Å². The molecule has 0 aromatic carbocycles. The lowest BCUT2D eigenvalue weighted by Gasteiger charge is -2.21. The van der Waals surface area contributed by atoms with Crippen LogP contribution >= 0.6 is 0 Å². The van der Waals surface area contributed by atoms with Crippen LogP contribution in [-0.4, -0.2) is 41.9 Å². The van der Waals surface area contributed by atoms with Crippen LogP contribution in [-0.2, 0) is 14.9 Å². The summed E-state index contributed by atoms with van der Waals surface area (Å²) in [4.78, 5) is 12.4. The molecule has 6 nitrogen and oxygen atoms in total. The van der Waals surface area contributed by atoms with Crippen molar-refractivity contribution in [3.05, 3.63) is 36.5 Å². The fraction of sp³-hybridized carbons (Fsp3) is 0.811. The molecular formula is C37H69NO5S. The number of hydrogen-bond donors (Lipinski definition) is 3. The van der Waals surface area contributed by atoms with Crippen molar-refractivity contribution in [2.75, 3.05) is 5.75 Å². The lowest BCUT2D eigenvalue weighted by molar-refractivity contribution is -0.122. The first-order valence-electron chi connectivity index (χ1n) is 18.2. The topological polar surface area (TPSA) is 104 Å². The first kappa shape index (κ1) is 42.6. The number of allylic oxidation sites excluding steroid dienone is 5. The summed E-state index contributed by atoms with van der Waals surface area (Å²) in [6.07, 6.45) is 40.0. The number of hydrogen-bond acceptors (Lipinski definition) is 4. The smallest absolute Gasteiger partial charge is 0.267 e. The summed E-state index contributed by atoms with van der Waals surface area (Å²) in [5, 5.41) is 13.1. The Morgan fingerprint density at radius 1 is 0.614 bits per heavy atom. The van der Waals surface area contributed by atoms with Crippen molar-refractivity contribution in [1.82, 2.24) is 5.32 Å². The van der Waals surface area contributed by atoms with Crippen LogP contribution in [0.3, 0.4) is 0 Å². The number of aliphatic hydroxyl groups excluding tert-OH is 1. The molecule has 258 valence electrons. The van der Waals surface area contributed by atoms with E-state index in [4.69, 9.17) is 0 Å². The maximum Gasteiger partial charge on any atom is 0.267 e. The highest BCUT2D eigenvalue weighted by molar-refractivity contribution is 7.85. The largest absolute Gasteiger partial charge is 0.387 e. The van der Waals surface area contributed by atoms with Crippen molar-refractivity contribution in [3.8, 4) is 0 Å². The Hall–Kier alpha value is -1.44. The van der Waals surface area contributed by atoms with Gasteiger partial charge in [-0.1, -0.05) is 166 Å². The number of carbonyl (C=O) groups is 1. The van der Waals surface area contributed by atoms with Gasteiger partial charge in [0.1, 0.15) is 0 Å². The molecule has 0 aliphatic carbocycles. The van der Waals surface area contributed by atoms with E-state index in [0.717, 1.165) is 44.9 Å². The molecular weight excluding hydrogens is 570 g/mol. The molecule has 0 radical (unpaired) electrons. The van der Waals surface area contributed by atoms with Gasteiger partial charge in [0.05, 0.1) is 17.9 Å². The van der Waals surface area contributed by atoms with Crippen LogP contribution in [0.2, 0.25) is 0 Å². The zero-order valence-corrected chi connectivity index (χ0v) is 29.3. The van der Waals surface area contributed by atoms with Crippen LogP contribution in [0.5, 0.6) is 0 Å². The molecule has 0 bridgehead atoms. The number of nitrogens with one attached hydrogen (secondary N) is 1. The molecule has 1 amide bonds. The van der Waals surface area contributed by atoms with Gasteiger partial charge in [-0.2, -0.15) is 8.42 Å². The lowest BCUT2D eigenvalue weighted by atomic mass is 10.0. The van der Waals surface area contributed by atoms with E-state index in [-0.39, 0.29) is 12.3 Å². The van der Waals surface area contributed by atoms with E-state index in [1.54, 1.807) is 6.08 Å². The molecule has 0 fully saturated rings. The molecule has 0 heterocycles. The summed E-state index contributed by atoms with van der Waals surface area (Å²) >= 11 is 0. The third-order valence-electron chi connectivity index (χ3n) is 8.06. The van der Waals surface area contributed by atoms with Gasteiger partial charge in [-0.25, -0.2) is 0 Å². The molecule has 0 aliphatic rings. The van der Waals surface area contributed by atoms with Gasteiger partial charge in [-0.05, 0) is 38.5 Å². The van der Waals surface area contributed by atoms with Crippen molar-refractivity contribution in [1.29, 1.82) is 0 Å². The van der Waals surface area contributed by atoms with Crippen LogP contribution in [0.1, 0.15) is 174 Å². The van der Waals surface area contributed by atoms with Crippen LogP contribution in [0.25, 0.3) is 0 Å². The molecule has 0 spiro atoms. The molecule has 0 aromatic rings. The van der Waals surface area contributed by atoms with E-state index < -0.39 is 28.0 Å². The zero-order valence-electron chi connectivity index (χ0n) is 28.5. The minimum absolute atomic E-state index is 0.287. The first-order chi connectivity index (χ1) is 21.3. The third-order valence-corrected chi connectivity index (χ3v) is 8.84. The second kappa shape index (κ2) is 31.5. The molecule has 0 aromatic heterocycles. The number of unbranched alkanes of at least 4 members (excludes halogenated alkanes) is 20. The standard InChI is InChI=1S/C37H69NO5S/c1-3-5-7-9-11-13-15-16-17-18-19-20-21-22-23-25-27-29-31-33-37(40)38-35(34-44(41,42)43)36(39)32-30-28-26-24-14-12-10-8-6-4-2/h6,8,14,24,30,32,35-36,39H,3-5,7,9-13,15-23,25-29,31,33-34H2,1-2H3,(H,38,40)(H,41,42,43)/b8-6+,24-14+,32-30+. The Morgan fingerprint density at radius 2 is 1.00 bits per heavy atom. The number of amides is 1. The van der Waals surface area contributed by atoms with Crippen molar-refractivity contribution in [3.63, 3.8) is 0 Å². The number of aliphatic hydroxyl groups is 1. The number of carbonyl (C=O) groups excluding carboxylic acids is 1. The van der Waals surface area contributed by atoms with E-state index >= 15 is 0 Å². The summed E-state index contributed by atoms with van der Waals surface area (Å²) in [5.41, 5.74) is 0. The van der Waals surface area contributed by atoms with E-state index in [9.17, 15) is 22.9 Å². The highest BCUT2D eigenvalue weighted by Gasteiger charge is 2.24. The van der Waals surface area contributed by atoms with E-state index in [1.807, 2.05) is 0 Å².